The molecule has 0 bridgehead atoms. The third kappa shape index (κ3) is 2.00. The summed E-state index contributed by atoms with van der Waals surface area (Å²) in [5.41, 5.74) is 2.46. The van der Waals surface area contributed by atoms with E-state index in [0.29, 0.717) is 0 Å². The van der Waals surface area contributed by atoms with Crippen LogP contribution in [-0.2, 0) is 0 Å². The molecule has 0 aromatic heterocycles. The van der Waals surface area contributed by atoms with Gasteiger partial charge in [0.25, 0.3) is 0 Å². The van der Waals surface area contributed by atoms with E-state index in [0.717, 1.165) is 18.6 Å². The van der Waals surface area contributed by atoms with Gasteiger partial charge in [0.1, 0.15) is 5.75 Å². The molecular formula is C16H16O2. The minimum atomic E-state index is -0.272. The zero-order valence-corrected chi connectivity index (χ0v) is 10.4. The molecule has 2 aromatic rings. The van der Waals surface area contributed by atoms with Crippen molar-refractivity contribution in [2.45, 2.75) is 18.9 Å². The molecule has 3 rings (SSSR count). The Balaban J connectivity index is 2.04. The molecule has 0 heterocycles. The van der Waals surface area contributed by atoms with Gasteiger partial charge >= 0.3 is 0 Å². The van der Waals surface area contributed by atoms with Crippen LogP contribution in [0.4, 0.5) is 0 Å². The summed E-state index contributed by atoms with van der Waals surface area (Å²) in [6.45, 7) is 0. The number of ether oxygens (including phenoxy) is 1. The summed E-state index contributed by atoms with van der Waals surface area (Å²) >= 11 is 0. The molecule has 2 nitrogen and oxygen atoms in total. The highest BCUT2D eigenvalue weighted by atomic mass is 16.5. The number of hydrogen-bond donors (Lipinski definition) is 1. The summed E-state index contributed by atoms with van der Waals surface area (Å²) in [5.74, 6) is 0.880. The number of hydrogen-bond acceptors (Lipinski definition) is 2. The lowest BCUT2D eigenvalue weighted by atomic mass is 10.0. The van der Waals surface area contributed by atoms with Gasteiger partial charge in [-0.15, -0.1) is 0 Å². The number of allylic oxidation sites excluding steroid dienone is 1. The first-order chi connectivity index (χ1) is 8.76. The minimum Gasteiger partial charge on any atom is -0.497 e. The average molecular weight is 240 g/mol. The van der Waals surface area contributed by atoms with Gasteiger partial charge in [0, 0.05) is 0 Å². The van der Waals surface area contributed by atoms with Gasteiger partial charge in [-0.05, 0) is 52.9 Å². The molecule has 0 radical (unpaired) electrons. The van der Waals surface area contributed by atoms with Gasteiger partial charge in [-0.1, -0.05) is 24.3 Å². The van der Waals surface area contributed by atoms with Gasteiger partial charge in [0.05, 0.1) is 13.2 Å². The van der Waals surface area contributed by atoms with Gasteiger partial charge in [-0.2, -0.15) is 0 Å². The van der Waals surface area contributed by atoms with Gasteiger partial charge in [-0.3, -0.25) is 0 Å². The summed E-state index contributed by atoms with van der Waals surface area (Å²) in [6, 6.07) is 12.5. The first kappa shape index (κ1) is 11.3. The number of rotatable bonds is 2. The fourth-order valence-electron chi connectivity index (χ4n) is 2.49. The Morgan fingerprint density at radius 1 is 1.11 bits per heavy atom. The second-order valence-electron chi connectivity index (χ2n) is 4.73. The molecule has 18 heavy (non-hydrogen) atoms. The Labute approximate surface area is 107 Å². The Hall–Kier alpha value is -1.80. The molecule has 0 amide bonds. The molecular weight excluding hydrogens is 224 g/mol. The minimum absolute atomic E-state index is 0.272. The van der Waals surface area contributed by atoms with E-state index in [4.69, 9.17) is 4.74 Å². The smallest absolute Gasteiger partial charge is 0.119 e. The predicted molar refractivity (Wildman–Crippen MR) is 73.7 cm³/mol. The monoisotopic (exact) mass is 240 g/mol. The zero-order chi connectivity index (χ0) is 12.5. The van der Waals surface area contributed by atoms with Crippen molar-refractivity contribution < 1.29 is 9.84 Å². The van der Waals surface area contributed by atoms with E-state index in [1.54, 1.807) is 7.11 Å². The molecule has 1 aliphatic carbocycles. The van der Waals surface area contributed by atoms with Crippen LogP contribution in [0.25, 0.3) is 16.3 Å². The number of fused-ring (bicyclic) bond motifs is 1. The van der Waals surface area contributed by atoms with Crippen molar-refractivity contribution in [2.75, 3.05) is 7.11 Å². The van der Waals surface area contributed by atoms with Crippen molar-refractivity contribution in [3.63, 3.8) is 0 Å². The summed E-state index contributed by atoms with van der Waals surface area (Å²) in [7, 11) is 1.68. The molecule has 1 unspecified atom stereocenters. The Bertz CT molecular complexity index is 614. The summed E-state index contributed by atoms with van der Waals surface area (Å²) in [5, 5.41) is 11.9. The number of methoxy groups -OCH3 is 1. The third-order valence-electron chi connectivity index (χ3n) is 3.52. The van der Waals surface area contributed by atoms with Gasteiger partial charge in [0.2, 0.25) is 0 Å². The second kappa shape index (κ2) is 4.46. The van der Waals surface area contributed by atoms with E-state index >= 15 is 0 Å². The van der Waals surface area contributed by atoms with Gasteiger partial charge in [0.15, 0.2) is 0 Å². The Morgan fingerprint density at radius 3 is 2.61 bits per heavy atom. The topological polar surface area (TPSA) is 29.5 Å². The maximum Gasteiger partial charge on any atom is 0.119 e. The summed E-state index contributed by atoms with van der Waals surface area (Å²) in [6.07, 6.45) is 3.50. The van der Waals surface area contributed by atoms with E-state index in [2.05, 4.69) is 24.3 Å². The first-order valence-electron chi connectivity index (χ1n) is 6.23. The molecule has 0 saturated carbocycles. The standard InChI is InChI=1S/C16H16O2/c1-18-16-7-5-12-8-11(2-3-14(12)10-16)13-4-6-15(17)9-13/h2-3,5,7-10,15,17H,4,6H2,1H3. The van der Waals surface area contributed by atoms with Crippen LogP contribution in [0.2, 0.25) is 0 Å². The third-order valence-corrected chi connectivity index (χ3v) is 3.52. The van der Waals surface area contributed by atoms with Crippen LogP contribution in [0.3, 0.4) is 0 Å². The van der Waals surface area contributed by atoms with E-state index < -0.39 is 0 Å². The molecule has 2 aromatic carbocycles. The highest BCUT2D eigenvalue weighted by Gasteiger charge is 2.14. The number of aliphatic hydroxyl groups excluding tert-OH is 1. The molecule has 0 saturated heterocycles. The fraction of sp³-hybridized carbons (Fsp3) is 0.250. The molecule has 1 aliphatic rings. The maximum absolute atomic E-state index is 9.55. The Morgan fingerprint density at radius 2 is 1.89 bits per heavy atom. The molecule has 1 N–H and O–H groups in total. The van der Waals surface area contributed by atoms with Crippen molar-refractivity contribution >= 4 is 16.3 Å². The SMILES string of the molecule is COc1ccc2cc(C3=CC(O)CC3)ccc2c1. The lowest BCUT2D eigenvalue weighted by Crippen LogP contribution is -1.93. The molecule has 1 atom stereocenters. The average Bonchev–Trinajstić information content (AvgIpc) is 2.84. The molecule has 92 valence electrons. The lowest BCUT2D eigenvalue weighted by Gasteiger charge is -2.06. The van der Waals surface area contributed by atoms with Crippen LogP contribution in [0, 0.1) is 0 Å². The van der Waals surface area contributed by atoms with Crippen LogP contribution in [0.1, 0.15) is 18.4 Å². The largest absolute Gasteiger partial charge is 0.497 e. The molecule has 2 heteroatoms. The lowest BCUT2D eigenvalue weighted by molar-refractivity contribution is 0.223. The van der Waals surface area contributed by atoms with Gasteiger partial charge in [-0.25, -0.2) is 0 Å². The zero-order valence-electron chi connectivity index (χ0n) is 10.4. The molecule has 0 fully saturated rings. The van der Waals surface area contributed by atoms with E-state index in [1.807, 2.05) is 18.2 Å². The number of benzene rings is 2. The normalized spacial score (nSPS) is 19.0. The quantitative estimate of drug-likeness (QED) is 0.872. The van der Waals surface area contributed by atoms with E-state index in [9.17, 15) is 5.11 Å². The van der Waals surface area contributed by atoms with Gasteiger partial charge < -0.3 is 9.84 Å². The van der Waals surface area contributed by atoms with Crippen LogP contribution in [0.5, 0.6) is 5.75 Å². The van der Waals surface area contributed by atoms with Crippen molar-refractivity contribution in [3.05, 3.63) is 48.0 Å². The van der Waals surface area contributed by atoms with Crippen LogP contribution in [-0.4, -0.2) is 18.3 Å². The molecule has 0 aliphatic heterocycles. The maximum atomic E-state index is 9.55. The van der Waals surface area contributed by atoms with Crippen molar-refractivity contribution in [1.29, 1.82) is 0 Å². The summed E-state index contributed by atoms with van der Waals surface area (Å²) < 4.78 is 5.22. The van der Waals surface area contributed by atoms with Crippen molar-refractivity contribution in [1.82, 2.24) is 0 Å². The predicted octanol–water partition coefficient (Wildman–Crippen LogP) is 3.39. The van der Waals surface area contributed by atoms with E-state index in [-0.39, 0.29) is 6.10 Å². The van der Waals surface area contributed by atoms with E-state index in [1.165, 1.54) is 21.9 Å². The highest BCUT2D eigenvalue weighted by molar-refractivity contribution is 5.87. The summed E-state index contributed by atoms with van der Waals surface area (Å²) in [4.78, 5) is 0. The van der Waals surface area contributed by atoms with Crippen LogP contribution >= 0.6 is 0 Å². The van der Waals surface area contributed by atoms with Crippen molar-refractivity contribution in [3.8, 4) is 5.75 Å². The first-order valence-corrected chi connectivity index (χ1v) is 6.23. The van der Waals surface area contributed by atoms with Crippen LogP contribution < -0.4 is 4.74 Å². The fourth-order valence-corrected chi connectivity index (χ4v) is 2.49. The second-order valence-corrected chi connectivity index (χ2v) is 4.73. The highest BCUT2D eigenvalue weighted by Crippen LogP contribution is 2.30. The molecule has 0 spiro atoms. The number of aliphatic hydroxyl groups is 1. The van der Waals surface area contributed by atoms with Crippen LogP contribution in [0.15, 0.2) is 42.5 Å². The Kier molecular flexibility index (Phi) is 2.80. The van der Waals surface area contributed by atoms with Crippen molar-refractivity contribution in [2.24, 2.45) is 0 Å².